The van der Waals surface area contributed by atoms with E-state index in [1.54, 1.807) is 31.2 Å². The van der Waals surface area contributed by atoms with Gasteiger partial charge in [0.1, 0.15) is 6.10 Å². The molecule has 110 valence electrons. The van der Waals surface area contributed by atoms with Gasteiger partial charge in [-0.2, -0.15) is 0 Å². The van der Waals surface area contributed by atoms with Crippen LogP contribution in [0.2, 0.25) is 0 Å². The molecule has 0 aliphatic carbocycles. The van der Waals surface area contributed by atoms with Gasteiger partial charge in [0, 0.05) is 25.0 Å². The molecule has 1 aromatic rings. The summed E-state index contributed by atoms with van der Waals surface area (Å²) in [5, 5.41) is 5.21. The molecule has 0 saturated heterocycles. The summed E-state index contributed by atoms with van der Waals surface area (Å²) in [6.45, 7) is 2.13. The van der Waals surface area contributed by atoms with Crippen LogP contribution in [0.3, 0.4) is 0 Å². The molecule has 20 heavy (non-hydrogen) atoms. The number of carbonyl (C=O) groups excluding carboxylic acids is 2. The largest absolute Gasteiger partial charge is 0.450 e. The van der Waals surface area contributed by atoms with E-state index in [0.717, 1.165) is 0 Å². The molecule has 1 atom stereocenters. The van der Waals surface area contributed by atoms with Crippen molar-refractivity contribution in [3.8, 4) is 0 Å². The standard InChI is InChI=1S/C13H19N3O4/c1-3-20-13(18)16-10-6-4-9(5-7-10)15-12(17)11(8-14)19-2/h4-7,11H,3,8,14H2,1-2H3,(H,15,17)(H,16,18). The Kier molecular flexibility index (Phi) is 6.48. The zero-order valence-corrected chi connectivity index (χ0v) is 11.5. The van der Waals surface area contributed by atoms with Crippen molar-refractivity contribution in [3.63, 3.8) is 0 Å². The maximum atomic E-state index is 11.7. The molecule has 0 aliphatic rings. The van der Waals surface area contributed by atoms with Crippen LogP contribution in [0.5, 0.6) is 0 Å². The molecule has 1 unspecified atom stereocenters. The highest BCUT2D eigenvalue weighted by molar-refractivity contribution is 5.94. The van der Waals surface area contributed by atoms with Crippen molar-refractivity contribution in [2.75, 3.05) is 30.9 Å². The molecule has 2 amide bonds. The lowest BCUT2D eigenvalue weighted by Gasteiger charge is -2.13. The van der Waals surface area contributed by atoms with E-state index in [0.29, 0.717) is 18.0 Å². The van der Waals surface area contributed by atoms with Gasteiger partial charge in [-0.25, -0.2) is 4.79 Å². The van der Waals surface area contributed by atoms with Crippen LogP contribution in [0, 0.1) is 0 Å². The van der Waals surface area contributed by atoms with E-state index < -0.39 is 12.2 Å². The predicted molar refractivity (Wildman–Crippen MR) is 75.6 cm³/mol. The Morgan fingerprint density at radius 1 is 1.20 bits per heavy atom. The Bertz CT molecular complexity index is 443. The molecule has 0 aromatic heterocycles. The second-order valence-electron chi connectivity index (χ2n) is 3.87. The maximum absolute atomic E-state index is 11.7. The minimum atomic E-state index is -0.688. The topological polar surface area (TPSA) is 103 Å². The van der Waals surface area contributed by atoms with Gasteiger partial charge in [0.25, 0.3) is 5.91 Å². The van der Waals surface area contributed by atoms with Gasteiger partial charge in [-0.15, -0.1) is 0 Å². The molecule has 0 saturated carbocycles. The molecule has 1 aromatic carbocycles. The summed E-state index contributed by atoms with van der Waals surface area (Å²) in [7, 11) is 1.42. The molecule has 0 bridgehead atoms. The summed E-state index contributed by atoms with van der Waals surface area (Å²) >= 11 is 0. The maximum Gasteiger partial charge on any atom is 0.411 e. The molecular weight excluding hydrogens is 262 g/mol. The van der Waals surface area contributed by atoms with Gasteiger partial charge in [-0.3, -0.25) is 10.1 Å². The first kappa shape index (κ1) is 15.9. The van der Waals surface area contributed by atoms with Gasteiger partial charge in [0.2, 0.25) is 0 Å². The number of hydrogen-bond acceptors (Lipinski definition) is 5. The van der Waals surface area contributed by atoms with Gasteiger partial charge in [0.05, 0.1) is 6.61 Å². The second kappa shape index (κ2) is 8.13. The first-order valence-corrected chi connectivity index (χ1v) is 6.18. The molecule has 7 heteroatoms. The van der Waals surface area contributed by atoms with Crippen LogP contribution in [-0.2, 0) is 14.3 Å². The Hall–Kier alpha value is -2.12. The first-order valence-electron chi connectivity index (χ1n) is 6.18. The number of ether oxygens (including phenoxy) is 2. The number of methoxy groups -OCH3 is 1. The van der Waals surface area contributed by atoms with Gasteiger partial charge in [0.15, 0.2) is 0 Å². The average Bonchev–Trinajstić information content (AvgIpc) is 2.42. The van der Waals surface area contributed by atoms with Crippen LogP contribution in [-0.4, -0.2) is 38.4 Å². The van der Waals surface area contributed by atoms with Crippen LogP contribution < -0.4 is 16.4 Å². The molecule has 4 N–H and O–H groups in total. The highest BCUT2D eigenvalue weighted by atomic mass is 16.5. The second-order valence-corrected chi connectivity index (χ2v) is 3.87. The van der Waals surface area contributed by atoms with E-state index in [4.69, 9.17) is 15.2 Å². The summed E-state index contributed by atoms with van der Waals surface area (Å²) in [5.41, 5.74) is 6.55. The van der Waals surface area contributed by atoms with Crippen LogP contribution in [0.1, 0.15) is 6.92 Å². The summed E-state index contributed by atoms with van der Waals surface area (Å²) in [6.07, 6.45) is -1.21. The van der Waals surface area contributed by atoms with Crippen molar-refractivity contribution < 1.29 is 19.1 Å². The highest BCUT2D eigenvalue weighted by Crippen LogP contribution is 2.14. The number of amides is 2. The minimum absolute atomic E-state index is 0.102. The van der Waals surface area contributed by atoms with Gasteiger partial charge in [-0.1, -0.05) is 0 Å². The SMILES string of the molecule is CCOC(=O)Nc1ccc(NC(=O)C(CN)OC)cc1. The molecule has 0 radical (unpaired) electrons. The van der Waals surface area contributed by atoms with Gasteiger partial charge in [-0.05, 0) is 31.2 Å². The first-order chi connectivity index (χ1) is 9.60. The molecule has 0 spiro atoms. The van der Waals surface area contributed by atoms with E-state index in [9.17, 15) is 9.59 Å². The number of anilines is 2. The summed E-state index contributed by atoms with van der Waals surface area (Å²) < 4.78 is 9.68. The Labute approximate surface area is 117 Å². The van der Waals surface area contributed by atoms with Crippen LogP contribution in [0.4, 0.5) is 16.2 Å². The predicted octanol–water partition coefficient (Wildman–Crippen LogP) is 1.17. The number of rotatable bonds is 6. The van der Waals surface area contributed by atoms with Crippen LogP contribution in [0.25, 0.3) is 0 Å². The van der Waals surface area contributed by atoms with Gasteiger partial charge < -0.3 is 20.5 Å². The normalized spacial score (nSPS) is 11.6. The fourth-order valence-electron chi connectivity index (χ4n) is 1.45. The number of carbonyl (C=O) groups is 2. The third kappa shape index (κ3) is 4.87. The lowest BCUT2D eigenvalue weighted by molar-refractivity contribution is -0.125. The third-order valence-corrected chi connectivity index (χ3v) is 2.47. The lowest BCUT2D eigenvalue weighted by atomic mass is 10.2. The number of hydrogen-bond donors (Lipinski definition) is 3. The number of nitrogens with one attached hydrogen (secondary N) is 2. The summed E-state index contributed by atoms with van der Waals surface area (Å²) in [4.78, 5) is 22.9. The Morgan fingerprint density at radius 3 is 2.20 bits per heavy atom. The fourth-order valence-corrected chi connectivity index (χ4v) is 1.45. The smallest absolute Gasteiger partial charge is 0.411 e. The lowest BCUT2D eigenvalue weighted by Crippen LogP contribution is -2.35. The third-order valence-electron chi connectivity index (χ3n) is 2.47. The van der Waals surface area contributed by atoms with E-state index in [1.165, 1.54) is 7.11 Å². The quantitative estimate of drug-likeness (QED) is 0.726. The minimum Gasteiger partial charge on any atom is -0.450 e. The van der Waals surface area contributed by atoms with Gasteiger partial charge >= 0.3 is 6.09 Å². The summed E-state index contributed by atoms with van der Waals surface area (Å²) in [5.74, 6) is -0.318. The van der Waals surface area contributed by atoms with Crippen LogP contribution >= 0.6 is 0 Å². The molecule has 0 heterocycles. The van der Waals surface area contributed by atoms with Crippen molar-refractivity contribution in [3.05, 3.63) is 24.3 Å². The van der Waals surface area contributed by atoms with E-state index >= 15 is 0 Å². The molecule has 7 nitrogen and oxygen atoms in total. The zero-order valence-electron chi connectivity index (χ0n) is 11.5. The monoisotopic (exact) mass is 281 g/mol. The number of benzene rings is 1. The fraction of sp³-hybridized carbons (Fsp3) is 0.385. The van der Waals surface area contributed by atoms with Crippen molar-refractivity contribution in [1.82, 2.24) is 0 Å². The van der Waals surface area contributed by atoms with Crippen molar-refractivity contribution >= 4 is 23.4 Å². The molecule has 0 fully saturated rings. The van der Waals surface area contributed by atoms with E-state index in [2.05, 4.69) is 10.6 Å². The molecular formula is C13H19N3O4. The Balaban J connectivity index is 2.58. The zero-order chi connectivity index (χ0) is 15.0. The van der Waals surface area contributed by atoms with Crippen molar-refractivity contribution in [2.24, 2.45) is 5.73 Å². The summed E-state index contributed by atoms with van der Waals surface area (Å²) in [6, 6.07) is 6.61. The highest BCUT2D eigenvalue weighted by Gasteiger charge is 2.15. The Morgan fingerprint density at radius 2 is 1.75 bits per heavy atom. The van der Waals surface area contributed by atoms with Crippen molar-refractivity contribution in [2.45, 2.75) is 13.0 Å². The molecule has 1 rings (SSSR count). The van der Waals surface area contributed by atoms with E-state index in [1.807, 2.05) is 0 Å². The van der Waals surface area contributed by atoms with E-state index in [-0.39, 0.29) is 12.5 Å². The van der Waals surface area contributed by atoms with Crippen molar-refractivity contribution in [1.29, 1.82) is 0 Å². The van der Waals surface area contributed by atoms with Crippen LogP contribution in [0.15, 0.2) is 24.3 Å². The average molecular weight is 281 g/mol. The number of nitrogens with two attached hydrogens (primary N) is 1. The molecule has 0 aliphatic heterocycles.